The maximum Gasteiger partial charge on any atom is 0.191 e. The maximum absolute atomic E-state index is 4.44. The molecule has 2 aromatic carbocycles. The molecule has 1 aliphatic rings. The molecule has 122 valence electrons. The van der Waals surface area contributed by atoms with Gasteiger partial charge in [0.2, 0.25) is 0 Å². The first-order valence-electron chi connectivity index (χ1n) is 8.30. The molecule has 0 fully saturated rings. The average Bonchev–Trinajstić information content (AvgIpc) is 3.21. The fourth-order valence-corrected chi connectivity index (χ4v) is 2.94. The highest BCUT2D eigenvalue weighted by Crippen LogP contribution is 2.14. The van der Waals surface area contributed by atoms with E-state index in [4.69, 9.17) is 0 Å². The van der Waals surface area contributed by atoms with Crippen LogP contribution in [0.15, 0.2) is 59.9 Å². The minimum Gasteiger partial charge on any atom is -0.352 e. The van der Waals surface area contributed by atoms with Crippen LogP contribution in [0.1, 0.15) is 18.1 Å². The number of para-hydroxylation sites is 2. The number of nitrogens with one attached hydrogen (secondary N) is 2. The smallest absolute Gasteiger partial charge is 0.191 e. The molecule has 5 nitrogen and oxygen atoms in total. The predicted octanol–water partition coefficient (Wildman–Crippen LogP) is 2.52. The molecule has 1 unspecified atom stereocenters. The van der Waals surface area contributed by atoms with Gasteiger partial charge in [-0.25, -0.2) is 4.98 Å². The first kappa shape index (κ1) is 14.8. The van der Waals surface area contributed by atoms with Crippen LogP contribution in [0.5, 0.6) is 0 Å². The highest BCUT2D eigenvalue weighted by Gasteiger charge is 2.11. The summed E-state index contributed by atoms with van der Waals surface area (Å²) in [5, 5.41) is 6.65. The number of imidazole rings is 1. The lowest BCUT2D eigenvalue weighted by molar-refractivity contribution is 0.713. The summed E-state index contributed by atoms with van der Waals surface area (Å²) in [6.45, 7) is 4.60. The van der Waals surface area contributed by atoms with Crippen molar-refractivity contribution in [1.29, 1.82) is 0 Å². The third-order valence-electron chi connectivity index (χ3n) is 4.27. The van der Waals surface area contributed by atoms with E-state index in [0.29, 0.717) is 6.04 Å². The van der Waals surface area contributed by atoms with Crippen LogP contribution in [0.3, 0.4) is 0 Å². The Morgan fingerprint density at radius 2 is 1.92 bits per heavy atom. The van der Waals surface area contributed by atoms with Gasteiger partial charge in [0.05, 0.1) is 23.9 Å². The van der Waals surface area contributed by atoms with Crippen LogP contribution in [-0.2, 0) is 13.1 Å². The molecule has 0 radical (unpaired) electrons. The lowest BCUT2D eigenvalue weighted by atomic mass is 10.1. The molecule has 2 N–H and O–H groups in total. The van der Waals surface area contributed by atoms with Gasteiger partial charge in [0.25, 0.3) is 0 Å². The highest BCUT2D eigenvalue weighted by atomic mass is 15.2. The van der Waals surface area contributed by atoms with Gasteiger partial charge in [-0.1, -0.05) is 36.4 Å². The molecule has 0 aliphatic carbocycles. The predicted molar refractivity (Wildman–Crippen MR) is 97.0 cm³/mol. The third-order valence-corrected chi connectivity index (χ3v) is 4.27. The molecule has 4 rings (SSSR count). The van der Waals surface area contributed by atoms with Crippen molar-refractivity contribution >= 4 is 17.0 Å². The number of fused-ring (bicyclic) bond motifs is 1. The fourth-order valence-electron chi connectivity index (χ4n) is 2.94. The zero-order valence-electron chi connectivity index (χ0n) is 13.7. The Labute approximate surface area is 141 Å². The first-order valence-corrected chi connectivity index (χ1v) is 8.30. The van der Waals surface area contributed by atoms with Gasteiger partial charge in [-0.3, -0.25) is 4.99 Å². The van der Waals surface area contributed by atoms with Crippen molar-refractivity contribution in [3.8, 4) is 0 Å². The number of hydrogen-bond acceptors (Lipinski definition) is 4. The largest absolute Gasteiger partial charge is 0.352 e. The number of hydrogen-bond donors (Lipinski definition) is 2. The molecule has 2 heterocycles. The molecule has 0 saturated carbocycles. The van der Waals surface area contributed by atoms with E-state index in [0.717, 1.165) is 31.1 Å². The van der Waals surface area contributed by atoms with Crippen LogP contribution in [0.25, 0.3) is 11.0 Å². The Kier molecular flexibility index (Phi) is 3.91. The van der Waals surface area contributed by atoms with Gasteiger partial charge < -0.3 is 15.2 Å². The van der Waals surface area contributed by atoms with E-state index in [1.165, 1.54) is 16.6 Å². The standard InChI is InChI=1S/C19H21N5/c1-14-10-20-19(23-14)21-11-15-6-8-16(9-7-15)12-24-13-22-17-4-2-3-5-18(17)24/h2-9,13-14H,10-12H2,1H3,(H2,20,21,23). The summed E-state index contributed by atoms with van der Waals surface area (Å²) in [4.78, 5) is 8.86. The van der Waals surface area contributed by atoms with Crippen LogP contribution in [0.4, 0.5) is 0 Å². The van der Waals surface area contributed by atoms with E-state index in [1.54, 1.807) is 0 Å². The summed E-state index contributed by atoms with van der Waals surface area (Å²) in [7, 11) is 0. The molecule has 1 aliphatic heterocycles. The second-order valence-electron chi connectivity index (χ2n) is 6.27. The van der Waals surface area contributed by atoms with Crippen LogP contribution < -0.4 is 10.6 Å². The zero-order chi connectivity index (χ0) is 16.4. The number of rotatable bonds is 4. The number of guanidine groups is 1. The molecule has 3 aromatic rings. The van der Waals surface area contributed by atoms with Gasteiger partial charge in [-0.05, 0) is 30.2 Å². The Morgan fingerprint density at radius 3 is 2.71 bits per heavy atom. The van der Waals surface area contributed by atoms with E-state index in [9.17, 15) is 0 Å². The Bertz CT molecular complexity index is 863. The third kappa shape index (κ3) is 3.11. The highest BCUT2D eigenvalue weighted by molar-refractivity contribution is 5.81. The molecule has 24 heavy (non-hydrogen) atoms. The quantitative estimate of drug-likeness (QED) is 0.777. The van der Waals surface area contributed by atoms with Gasteiger partial charge in [0.15, 0.2) is 5.96 Å². The molecule has 1 atom stereocenters. The van der Waals surface area contributed by atoms with E-state index in [1.807, 2.05) is 18.5 Å². The SMILES string of the molecule is CC1CN=C(NCc2ccc(Cn3cnc4ccccc43)cc2)N1. The molecular formula is C19H21N5. The Balaban J connectivity index is 1.40. The van der Waals surface area contributed by atoms with Crippen molar-refractivity contribution in [2.24, 2.45) is 4.99 Å². The van der Waals surface area contributed by atoms with E-state index >= 15 is 0 Å². The van der Waals surface area contributed by atoms with Crippen LogP contribution in [0.2, 0.25) is 0 Å². The zero-order valence-corrected chi connectivity index (χ0v) is 13.7. The summed E-state index contributed by atoms with van der Waals surface area (Å²) in [6, 6.07) is 17.3. The normalized spacial score (nSPS) is 16.9. The van der Waals surface area contributed by atoms with Crippen molar-refractivity contribution in [2.75, 3.05) is 6.54 Å². The summed E-state index contributed by atoms with van der Waals surface area (Å²) in [5.74, 6) is 0.900. The first-order chi connectivity index (χ1) is 11.8. The number of nitrogens with zero attached hydrogens (tertiary/aromatic N) is 3. The fraction of sp³-hybridized carbons (Fsp3) is 0.263. The van der Waals surface area contributed by atoms with Crippen molar-refractivity contribution in [1.82, 2.24) is 20.2 Å². The minimum atomic E-state index is 0.430. The van der Waals surface area contributed by atoms with Crippen LogP contribution in [0, 0.1) is 0 Å². The van der Waals surface area contributed by atoms with E-state index in [2.05, 4.69) is 68.5 Å². The summed E-state index contributed by atoms with van der Waals surface area (Å²) in [6.07, 6.45) is 1.91. The molecule has 0 amide bonds. The van der Waals surface area contributed by atoms with Gasteiger partial charge in [-0.2, -0.15) is 0 Å². The molecule has 5 heteroatoms. The molecule has 0 bridgehead atoms. The Morgan fingerprint density at radius 1 is 1.12 bits per heavy atom. The topological polar surface area (TPSA) is 54.2 Å². The molecule has 0 spiro atoms. The summed E-state index contributed by atoms with van der Waals surface area (Å²) in [5.41, 5.74) is 4.73. The minimum absolute atomic E-state index is 0.430. The van der Waals surface area contributed by atoms with Crippen molar-refractivity contribution in [2.45, 2.75) is 26.1 Å². The average molecular weight is 319 g/mol. The molecule has 1 aromatic heterocycles. The van der Waals surface area contributed by atoms with Gasteiger partial charge in [0, 0.05) is 19.1 Å². The molecular weight excluding hydrogens is 298 g/mol. The van der Waals surface area contributed by atoms with Crippen molar-refractivity contribution < 1.29 is 0 Å². The van der Waals surface area contributed by atoms with Crippen molar-refractivity contribution in [3.05, 3.63) is 66.0 Å². The van der Waals surface area contributed by atoms with Gasteiger partial charge in [-0.15, -0.1) is 0 Å². The maximum atomic E-state index is 4.44. The van der Waals surface area contributed by atoms with Gasteiger partial charge in [0.1, 0.15) is 0 Å². The van der Waals surface area contributed by atoms with Crippen molar-refractivity contribution in [3.63, 3.8) is 0 Å². The van der Waals surface area contributed by atoms with E-state index < -0.39 is 0 Å². The molecule has 0 saturated heterocycles. The lowest BCUT2D eigenvalue weighted by Gasteiger charge is -2.10. The second-order valence-corrected chi connectivity index (χ2v) is 6.27. The number of benzene rings is 2. The lowest BCUT2D eigenvalue weighted by Crippen LogP contribution is -2.37. The van der Waals surface area contributed by atoms with Crippen LogP contribution in [-0.4, -0.2) is 28.1 Å². The Hall–Kier alpha value is -2.82. The van der Waals surface area contributed by atoms with Gasteiger partial charge >= 0.3 is 0 Å². The summed E-state index contributed by atoms with van der Waals surface area (Å²) >= 11 is 0. The van der Waals surface area contributed by atoms with E-state index in [-0.39, 0.29) is 0 Å². The second kappa shape index (κ2) is 6.35. The van der Waals surface area contributed by atoms with Crippen LogP contribution >= 0.6 is 0 Å². The monoisotopic (exact) mass is 319 g/mol. The number of aliphatic imine (C=N–C) groups is 1. The number of aromatic nitrogens is 2. The summed E-state index contributed by atoms with van der Waals surface area (Å²) < 4.78 is 2.18.